The normalized spacial score (nSPS) is 21.8. The molecule has 3 rings (SSSR count). The van der Waals surface area contributed by atoms with Gasteiger partial charge in [-0.2, -0.15) is 5.10 Å². The maximum absolute atomic E-state index is 9.35. The van der Waals surface area contributed by atoms with Crippen LogP contribution in [0.4, 0.5) is 5.82 Å². The van der Waals surface area contributed by atoms with Crippen LogP contribution in [0.2, 0.25) is 0 Å². The van der Waals surface area contributed by atoms with E-state index in [1.54, 1.807) is 10.9 Å². The number of anilines is 1. The van der Waals surface area contributed by atoms with E-state index in [0.29, 0.717) is 12.5 Å². The molecule has 0 atom stereocenters. The molecule has 21 heavy (non-hydrogen) atoms. The Morgan fingerprint density at radius 1 is 1.43 bits per heavy atom. The summed E-state index contributed by atoms with van der Waals surface area (Å²) < 4.78 is 1.77. The standard InChI is InChI=1S/C14H22N6O/c1-15-13-11-6-16-20(3)14(11)18-12(17-13)8-19(2)7-9-4-10(21)5-9/h6,9-10,21H,4-5,7-8H2,1-3H3,(H,15,17,18). The predicted molar refractivity (Wildman–Crippen MR) is 80.9 cm³/mol. The van der Waals surface area contributed by atoms with Crippen LogP contribution in [-0.2, 0) is 13.6 Å². The molecule has 0 saturated heterocycles. The Kier molecular flexibility index (Phi) is 3.77. The third-order valence-corrected chi connectivity index (χ3v) is 4.07. The fourth-order valence-electron chi connectivity index (χ4n) is 2.92. The minimum absolute atomic E-state index is 0.0960. The van der Waals surface area contributed by atoms with Crippen molar-refractivity contribution in [3.05, 3.63) is 12.0 Å². The zero-order valence-electron chi connectivity index (χ0n) is 12.7. The van der Waals surface area contributed by atoms with Crippen LogP contribution >= 0.6 is 0 Å². The molecule has 2 N–H and O–H groups in total. The van der Waals surface area contributed by atoms with Crippen molar-refractivity contribution in [3.63, 3.8) is 0 Å². The fraction of sp³-hybridized carbons (Fsp3) is 0.643. The van der Waals surface area contributed by atoms with Gasteiger partial charge in [-0.15, -0.1) is 0 Å². The number of nitrogens with zero attached hydrogens (tertiary/aromatic N) is 5. The molecule has 1 fully saturated rings. The van der Waals surface area contributed by atoms with Crippen molar-refractivity contribution in [1.29, 1.82) is 0 Å². The molecule has 1 saturated carbocycles. The van der Waals surface area contributed by atoms with Crippen molar-refractivity contribution in [1.82, 2.24) is 24.6 Å². The second-order valence-corrected chi connectivity index (χ2v) is 5.93. The Bertz CT molecular complexity index is 634. The first-order valence-electron chi connectivity index (χ1n) is 7.29. The van der Waals surface area contributed by atoms with E-state index in [-0.39, 0.29) is 6.10 Å². The maximum atomic E-state index is 9.35. The lowest BCUT2D eigenvalue weighted by Gasteiger charge is -2.34. The quantitative estimate of drug-likeness (QED) is 0.840. The Balaban J connectivity index is 1.75. The number of aliphatic hydroxyl groups excluding tert-OH is 1. The lowest BCUT2D eigenvalue weighted by Crippen LogP contribution is -2.37. The molecular weight excluding hydrogens is 268 g/mol. The molecule has 1 aliphatic rings. The number of aliphatic hydroxyl groups is 1. The molecule has 7 heteroatoms. The van der Waals surface area contributed by atoms with Gasteiger partial charge in [-0.1, -0.05) is 0 Å². The van der Waals surface area contributed by atoms with Gasteiger partial charge in [-0.25, -0.2) is 9.97 Å². The molecule has 0 amide bonds. The van der Waals surface area contributed by atoms with E-state index < -0.39 is 0 Å². The van der Waals surface area contributed by atoms with Crippen LogP contribution in [0.15, 0.2) is 6.20 Å². The van der Waals surface area contributed by atoms with E-state index in [9.17, 15) is 5.11 Å². The van der Waals surface area contributed by atoms with Crippen molar-refractivity contribution >= 4 is 16.9 Å². The molecule has 0 unspecified atom stereocenters. The SMILES string of the molecule is CNc1nc(CN(C)CC2CC(O)C2)nc2c1cnn2C. The second-order valence-electron chi connectivity index (χ2n) is 5.93. The van der Waals surface area contributed by atoms with Crippen molar-refractivity contribution in [3.8, 4) is 0 Å². The molecule has 7 nitrogen and oxygen atoms in total. The number of fused-ring (bicyclic) bond motifs is 1. The van der Waals surface area contributed by atoms with Gasteiger partial charge in [0.1, 0.15) is 11.6 Å². The summed E-state index contributed by atoms with van der Waals surface area (Å²) in [5.74, 6) is 2.20. The van der Waals surface area contributed by atoms with Crippen LogP contribution in [0.5, 0.6) is 0 Å². The highest BCUT2D eigenvalue weighted by molar-refractivity contribution is 5.86. The molecule has 2 heterocycles. The molecule has 2 aromatic rings. The Labute approximate surface area is 124 Å². The molecule has 0 radical (unpaired) electrons. The van der Waals surface area contributed by atoms with Crippen LogP contribution < -0.4 is 5.32 Å². The molecule has 0 spiro atoms. The summed E-state index contributed by atoms with van der Waals surface area (Å²) in [5.41, 5.74) is 0.844. The summed E-state index contributed by atoms with van der Waals surface area (Å²) in [6.45, 7) is 1.67. The van der Waals surface area contributed by atoms with E-state index in [0.717, 1.165) is 42.1 Å². The zero-order chi connectivity index (χ0) is 15.0. The smallest absolute Gasteiger partial charge is 0.163 e. The van der Waals surface area contributed by atoms with Gasteiger partial charge in [-0.3, -0.25) is 9.58 Å². The van der Waals surface area contributed by atoms with Gasteiger partial charge in [0.05, 0.1) is 24.2 Å². The van der Waals surface area contributed by atoms with Crippen molar-refractivity contribution in [2.45, 2.75) is 25.5 Å². The molecule has 1 aliphatic carbocycles. The Morgan fingerprint density at radius 2 is 2.19 bits per heavy atom. The predicted octanol–water partition coefficient (Wildman–Crippen LogP) is 0.608. The van der Waals surface area contributed by atoms with Crippen molar-refractivity contribution < 1.29 is 5.11 Å². The number of rotatable bonds is 5. The van der Waals surface area contributed by atoms with Gasteiger partial charge in [0.15, 0.2) is 5.65 Å². The minimum Gasteiger partial charge on any atom is -0.393 e. The van der Waals surface area contributed by atoms with Crippen molar-refractivity contribution in [2.75, 3.05) is 26.0 Å². The number of hydrogen-bond donors (Lipinski definition) is 2. The number of nitrogens with one attached hydrogen (secondary N) is 1. The second kappa shape index (κ2) is 5.57. The summed E-state index contributed by atoms with van der Waals surface area (Å²) in [4.78, 5) is 11.4. The summed E-state index contributed by atoms with van der Waals surface area (Å²) in [5, 5.41) is 17.6. The average molecular weight is 290 g/mol. The van der Waals surface area contributed by atoms with Gasteiger partial charge in [-0.05, 0) is 25.8 Å². The summed E-state index contributed by atoms with van der Waals surface area (Å²) in [6.07, 6.45) is 3.51. The van der Waals surface area contributed by atoms with Gasteiger partial charge in [0.25, 0.3) is 0 Å². The molecule has 0 bridgehead atoms. The average Bonchev–Trinajstić information content (AvgIpc) is 2.78. The molecule has 0 aliphatic heterocycles. The lowest BCUT2D eigenvalue weighted by atomic mass is 9.82. The van der Waals surface area contributed by atoms with Crippen LogP contribution in [0.1, 0.15) is 18.7 Å². The van der Waals surface area contributed by atoms with Crippen LogP contribution in [0.3, 0.4) is 0 Å². The highest BCUT2D eigenvalue weighted by Gasteiger charge is 2.28. The molecule has 0 aromatic carbocycles. The molecular formula is C14H22N6O. The monoisotopic (exact) mass is 290 g/mol. The summed E-state index contributed by atoms with van der Waals surface area (Å²) >= 11 is 0. The zero-order valence-corrected chi connectivity index (χ0v) is 12.7. The Hall–Kier alpha value is -1.73. The summed E-state index contributed by atoms with van der Waals surface area (Å²) in [6, 6.07) is 0. The van der Waals surface area contributed by atoms with Crippen LogP contribution in [0, 0.1) is 5.92 Å². The highest BCUT2D eigenvalue weighted by Crippen LogP contribution is 2.28. The van der Waals surface area contributed by atoms with Crippen LogP contribution in [0.25, 0.3) is 11.0 Å². The summed E-state index contributed by atoms with van der Waals surface area (Å²) in [7, 11) is 5.82. The fourth-order valence-corrected chi connectivity index (χ4v) is 2.92. The first-order chi connectivity index (χ1) is 10.1. The van der Waals surface area contributed by atoms with E-state index in [4.69, 9.17) is 0 Å². The van der Waals surface area contributed by atoms with E-state index in [1.807, 2.05) is 14.1 Å². The number of aryl methyl sites for hydroxylation is 1. The number of aromatic nitrogens is 4. The topological polar surface area (TPSA) is 79.1 Å². The van der Waals surface area contributed by atoms with E-state index >= 15 is 0 Å². The van der Waals surface area contributed by atoms with Crippen LogP contribution in [-0.4, -0.2) is 56.5 Å². The minimum atomic E-state index is -0.0960. The van der Waals surface area contributed by atoms with Gasteiger partial charge >= 0.3 is 0 Å². The van der Waals surface area contributed by atoms with E-state index in [1.165, 1.54) is 0 Å². The molecule has 2 aromatic heterocycles. The first kappa shape index (κ1) is 14.2. The Morgan fingerprint density at radius 3 is 2.86 bits per heavy atom. The highest BCUT2D eigenvalue weighted by atomic mass is 16.3. The van der Waals surface area contributed by atoms with Gasteiger partial charge in [0.2, 0.25) is 0 Å². The first-order valence-corrected chi connectivity index (χ1v) is 7.29. The lowest BCUT2D eigenvalue weighted by molar-refractivity contribution is 0.0271. The number of hydrogen-bond acceptors (Lipinski definition) is 6. The third-order valence-electron chi connectivity index (χ3n) is 4.07. The van der Waals surface area contributed by atoms with Gasteiger partial charge < -0.3 is 10.4 Å². The van der Waals surface area contributed by atoms with Gasteiger partial charge in [0, 0.05) is 20.6 Å². The van der Waals surface area contributed by atoms with E-state index in [2.05, 4.69) is 32.3 Å². The molecule has 114 valence electrons. The van der Waals surface area contributed by atoms with Crippen molar-refractivity contribution in [2.24, 2.45) is 13.0 Å². The third kappa shape index (κ3) is 2.84. The maximum Gasteiger partial charge on any atom is 0.163 e. The largest absolute Gasteiger partial charge is 0.393 e.